The Morgan fingerprint density at radius 2 is 1.50 bits per heavy atom. The van der Waals surface area contributed by atoms with Crippen LogP contribution in [0.1, 0.15) is 79.6 Å². The lowest BCUT2D eigenvalue weighted by molar-refractivity contribution is 0.359. The Kier molecular flexibility index (Phi) is 7.31. The van der Waals surface area contributed by atoms with E-state index in [2.05, 4.69) is 34.6 Å². The molecule has 0 aliphatic rings. The van der Waals surface area contributed by atoms with E-state index in [0.29, 0.717) is 5.41 Å². The highest BCUT2D eigenvalue weighted by Crippen LogP contribution is 2.27. The van der Waals surface area contributed by atoms with Crippen molar-refractivity contribution >= 4 is 0 Å². The number of hydrogen-bond donors (Lipinski definition) is 0. The maximum atomic E-state index is 2.34. The van der Waals surface area contributed by atoms with E-state index in [1.54, 1.807) is 5.92 Å². The van der Waals surface area contributed by atoms with Gasteiger partial charge in [0.05, 0.1) is 0 Å². The molecule has 0 spiro atoms. The standard InChI is InChI=1S/C14H29/c1-6-8-10-13(7-2)11-9-12-14(3,4)5/h6-12H2,1-5H3. The fourth-order valence-electron chi connectivity index (χ4n) is 1.77. The lowest BCUT2D eigenvalue weighted by Crippen LogP contribution is -2.06. The fourth-order valence-corrected chi connectivity index (χ4v) is 1.77. The average molecular weight is 197 g/mol. The molecule has 1 radical (unpaired) electrons. The molecule has 0 nitrogen and oxygen atoms in total. The van der Waals surface area contributed by atoms with Crippen molar-refractivity contribution in [3.63, 3.8) is 0 Å². The summed E-state index contributed by atoms with van der Waals surface area (Å²) >= 11 is 0. The van der Waals surface area contributed by atoms with Gasteiger partial charge in [-0.05, 0) is 37.0 Å². The first-order chi connectivity index (χ1) is 6.49. The normalized spacial score (nSPS) is 12.4. The van der Waals surface area contributed by atoms with E-state index < -0.39 is 0 Å². The fraction of sp³-hybridized carbons (Fsp3) is 0.929. The van der Waals surface area contributed by atoms with Crippen LogP contribution in [0.5, 0.6) is 0 Å². The molecule has 85 valence electrons. The maximum Gasteiger partial charge on any atom is -0.0244 e. The van der Waals surface area contributed by atoms with E-state index in [1.807, 2.05) is 0 Å². The van der Waals surface area contributed by atoms with Crippen LogP contribution < -0.4 is 0 Å². The van der Waals surface area contributed by atoms with Crippen molar-refractivity contribution in [1.82, 2.24) is 0 Å². The molecule has 0 N–H and O–H groups in total. The van der Waals surface area contributed by atoms with Crippen LogP contribution in [0, 0.1) is 11.3 Å². The van der Waals surface area contributed by atoms with Gasteiger partial charge < -0.3 is 0 Å². The molecular weight excluding hydrogens is 168 g/mol. The lowest BCUT2D eigenvalue weighted by Gasteiger charge is -2.20. The van der Waals surface area contributed by atoms with Crippen LogP contribution in [0.3, 0.4) is 0 Å². The summed E-state index contributed by atoms with van der Waals surface area (Å²) < 4.78 is 0. The molecule has 14 heavy (non-hydrogen) atoms. The summed E-state index contributed by atoms with van der Waals surface area (Å²) in [5, 5.41) is 0. The Labute approximate surface area is 91.5 Å². The van der Waals surface area contributed by atoms with Crippen molar-refractivity contribution < 1.29 is 0 Å². The van der Waals surface area contributed by atoms with Gasteiger partial charge in [-0.1, -0.05) is 53.9 Å². The molecule has 0 heterocycles. The summed E-state index contributed by atoms with van der Waals surface area (Å²) in [6.45, 7) is 11.6. The first-order valence-electron chi connectivity index (χ1n) is 6.33. The van der Waals surface area contributed by atoms with E-state index in [4.69, 9.17) is 0 Å². The van der Waals surface area contributed by atoms with Gasteiger partial charge in [0, 0.05) is 0 Å². The van der Waals surface area contributed by atoms with Gasteiger partial charge in [-0.3, -0.25) is 0 Å². The molecule has 0 aliphatic heterocycles. The molecule has 0 aromatic rings. The van der Waals surface area contributed by atoms with E-state index in [9.17, 15) is 0 Å². The number of unbranched alkanes of at least 4 members (excludes halogenated alkanes) is 1. The van der Waals surface area contributed by atoms with Crippen LogP contribution in [0.15, 0.2) is 0 Å². The molecular formula is C14H29. The summed E-state index contributed by atoms with van der Waals surface area (Å²) in [7, 11) is 0. The van der Waals surface area contributed by atoms with Crippen LogP contribution in [-0.4, -0.2) is 0 Å². The number of hydrogen-bond acceptors (Lipinski definition) is 0. The summed E-state index contributed by atoms with van der Waals surface area (Å²) in [6, 6.07) is 0. The quantitative estimate of drug-likeness (QED) is 0.514. The van der Waals surface area contributed by atoms with Crippen molar-refractivity contribution in [3.8, 4) is 0 Å². The third-order valence-electron chi connectivity index (χ3n) is 2.84. The Hall–Kier alpha value is 0. The Morgan fingerprint density at radius 3 is 1.93 bits per heavy atom. The van der Waals surface area contributed by atoms with Crippen molar-refractivity contribution in [2.24, 2.45) is 5.41 Å². The van der Waals surface area contributed by atoms with Gasteiger partial charge in [0.25, 0.3) is 0 Å². The number of rotatable bonds is 7. The van der Waals surface area contributed by atoms with E-state index in [0.717, 1.165) is 0 Å². The van der Waals surface area contributed by atoms with E-state index in [1.165, 1.54) is 44.9 Å². The lowest BCUT2D eigenvalue weighted by atomic mass is 9.86. The Balaban J connectivity index is 3.52. The molecule has 0 unspecified atom stereocenters. The van der Waals surface area contributed by atoms with Crippen LogP contribution in [0.25, 0.3) is 0 Å². The minimum absolute atomic E-state index is 0.517. The first-order valence-corrected chi connectivity index (χ1v) is 6.33. The maximum absolute atomic E-state index is 2.34. The van der Waals surface area contributed by atoms with Crippen molar-refractivity contribution in [3.05, 3.63) is 5.92 Å². The largest absolute Gasteiger partial charge is 0.0654 e. The molecule has 0 rings (SSSR count). The van der Waals surface area contributed by atoms with Crippen LogP contribution >= 0.6 is 0 Å². The smallest absolute Gasteiger partial charge is 0.0244 e. The molecule has 0 aromatic heterocycles. The van der Waals surface area contributed by atoms with Gasteiger partial charge in [-0.25, -0.2) is 0 Å². The predicted molar refractivity (Wildman–Crippen MR) is 66.4 cm³/mol. The molecule has 0 aliphatic carbocycles. The van der Waals surface area contributed by atoms with Crippen molar-refractivity contribution in [2.75, 3.05) is 0 Å². The average Bonchev–Trinajstić information content (AvgIpc) is 2.09. The molecule has 0 amide bonds. The summed E-state index contributed by atoms with van der Waals surface area (Å²) in [4.78, 5) is 0. The molecule has 0 atom stereocenters. The minimum atomic E-state index is 0.517. The van der Waals surface area contributed by atoms with Gasteiger partial charge in [0.15, 0.2) is 0 Å². The van der Waals surface area contributed by atoms with Gasteiger partial charge in [-0.2, -0.15) is 0 Å². The highest BCUT2D eigenvalue weighted by Gasteiger charge is 2.12. The zero-order valence-corrected chi connectivity index (χ0v) is 10.9. The van der Waals surface area contributed by atoms with Gasteiger partial charge in [-0.15, -0.1) is 0 Å². The highest BCUT2D eigenvalue weighted by molar-refractivity contribution is 4.87. The molecule has 0 heteroatoms. The SMILES string of the molecule is CCCC[C](CC)CCCC(C)(C)C. The highest BCUT2D eigenvalue weighted by atomic mass is 14.2. The van der Waals surface area contributed by atoms with E-state index in [-0.39, 0.29) is 0 Å². The second kappa shape index (κ2) is 7.31. The van der Waals surface area contributed by atoms with Crippen LogP contribution in [0.4, 0.5) is 0 Å². The molecule has 0 saturated carbocycles. The van der Waals surface area contributed by atoms with Crippen LogP contribution in [0.2, 0.25) is 0 Å². The minimum Gasteiger partial charge on any atom is -0.0654 e. The monoisotopic (exact) mass is 197 g/mol. The molecule has 0 saturated heterocycles. The third kappa shape index (κ3) is 8.59. The van der Waals surface area contributed by atoms with Crippen molar-refractivity contribution in [1.29, 1.82) is 0 Å². The molecule has 0 bridgehead atoms. The van der Waals surface area contributed by atoms with Crippen molar-refractivity contribution in [2.45, 2.75) is 79.6 Å². The third-order valence-corrected chi connectivity index (χ3v) is 2.84. The molecule has 0 fully saturated rings. The second-order valence-electron chi connectivity index (χ2n) is 5.62. The van der Waals surface area contributed by atoms with Gasteiger partial charge >= 0.3 is 0 Å². The predicted octanol–water partition coefficient (Wildman–Crippen LogP) is 5.38. The summed E-state index contributed by atoms with van der Waals surface area (Å²) in [5.74, 6) is 1.79. The second-order valence-corrected chi connectivity index (χ2v) is 5.62. The Bertz CT molecular complexity index is 118. The first kappa shape index (κ1) is 14.0. The summed E-state index contributed by atoms with van der Waals surface area (Å²) in [6.07, 6.45) is 9.51. The van der Waals surface area contributed by atoms with Crippen LogP contribution in [-0.2, 0) is 0 Å². The summed E-state index contributed by atoms with van der Waals surface area (Å²) in [5.41, 5.74) is 0.517. The zero-order valence-electron chi connectivity index (χ0n) is 10.9. The Morgan fingerprint density at radius 1 is 0.929 bits per heavy atom. The molecule has 0 aromatic carbocycles. The zero-order chi connectivity index (χ0) is 11.0. The topological polar surface area (TPSA) is 0 Å². The van der Waals surface area contributed by atoms with Gasteiger partial charge in [0.2, 0.25) is 0 Å². The van der Waals surface area contributed by atoms with Gasteiger partial charge in [0.1, 0.15) is 0 Å². The van der Waals surface area contributed by atoms with E-state index >= 15 is 0 Å².